The van der Waals surface area contributed by atoms with E-state index in [1.165, 1.54) is 0 Å². The first-order chi connectivity index (χ1) is 14.3. The molecule has 0 spiro atoms. The molecule has 1 N–H and O–H groups in total. The molecule has 1 aromatic heterocycles. The number of fused-ring (bicyclic) bond motifs is 5. The Kier molecular flexibility index (Phi) is 4.83. The van der Waals surface area contributed by atoms with Gasteiger partial charge < -0.3 is 4.98 Å². The topological polar surface area (TPSA) is 79.5 Å². The zero-order valence-corrected chi connectivity index (χ0v) is 17.7. The highest BCUT2D eigenvalue weighted by atomic mass is 32.2. The Balaban J connectivity index is 1.58. The average Bonchev–Trinajstić information content (AvgIpc) is 3.25. The number of likely N-dealkylation sites (tertiary alicyclic amines) is 1. The summed E-state index contributed by atoms with van der Waals surface area (Å²) < 4.78 is 42.7. The molecule has 30 heavy (non-hydrogen) atoms. The first-order valence-corrected chi connectivity index (χ1v) is 12.3. The molecule has 8 heteroatoms. The smallest absolute Gasteiger partial charge is 0.264 e. The maximum absolute atomic E-state index is 13.6. The Labute approximate surface area is 175 Å². The van der Waals surface area contributed by atoms with Crippen LogP contribution >= 0.6 is 0 Å². The lowest BCUT2D eigenvalue weighted by atomic mass is 9.86. The molecule has 3 aliphatic rings. The van der Waals surface area contributed by atoms with Crippen LogP contribution in [0.15, 0.2) is 23.0 Å². The van der Waals surface area contributed by atoms with E-state index in [0.29, 0.717) is 50.8 Å². The Morgan fingerprint density at radius 3 is 2.80 bits per heavy atom. The van der Waals surface area contributed by atoms with Gasteiger partial charge in [-0.3, -0.25) is 13.9 Å². The monoisotopic (exact) mass is 432 g/mol. The molecule has 160 valence electrons. The summed E-state index contributed by atoms with van der Waals surface area (Å²) in [6.45, 7) is 1.87. The molecule has 1 unspecified atom stereocenters. The summed E-state index contributed by atoms with van der Waals surface area (Å²) in [6, 6.07) is 6.02. The summed E-state index contributed by atoms with van der Waals surface area (Å²) in [5.74, 6) is 0. The van der Waals surface area contributed by atoms with Gasteiger partial charge in [0.2, 0.25) is 0 Å². The van der Waals surface area contributed by atoms with Crippen LogP contribution in [0.5, 0.6) is 0 Å². The van der Waals surface area contributed by atoms with E-state index in [1.54, 1.807) is 0 Å². The second-order valence-corrected chi connectivity index (χ2v) is 10.2. The number of H-pyrrole nitrogens is 1. The lowest BCUT2D eigenvalue weighted by Gasteiger charge is -2.26. The number of hydrogen-bond donors (Lipinski definition) is 1. The van der Waals surface area contributed by atoms with E-state index < -0.39 is 22.4 Å². The molecule has 6 nitrogen and oxygen atoms in total. The lowest BCUT2D eigenvalue weighted by Crippen LogP contribution is -2.26. The SMILES string of the molecule is CS(=O)(=O)O[C@@H]1CCCc2c1c1c([nH]c2=O)-c2cccc(CN3CCC(F)C3)c2C1. The standard InChI is InChI=1S/C22H25FN2O4S/c1-30(27,28)29-19-7-3-6-16-20(19)18-10-17-13(11-25-9-8-14(23)12-25)4-2-5-15(17)21(18)24-22(16)26/h2,4-5,14,19H,3,6-12H2,1H3,(H,24,26)/t14?,19-/m1/s1. The maximum atomic E-state index is 13.6. The fourth-order valence-electron chi connectivity index (χ4n) is 5.24. The van der Waals surface area contributed by atoms with Gasteiger partial charge in [0.05, 0.1) is 11.9 Å². The minimum Gasteiger partial charge on any atom is -0.321 e. The fourth-order valence-corrected chi connectivity index (χ4v) is 5.86. The van der Waals surface area contributed by atoms with E-state index in [2.05, 4.69) is 16.0 Å². The molecule has 1 fully saturated rings. The molecule has 0 radical (unpaired) electrons. The van der Waals surface area contributed by atoms with Crippen LogP contribution in [0.1, 0.15) is 53.2 Å². The summed E-state index contributed by atoms with van der Waals surface area (Å²) in [5.41, 5.74) is 6.19. The number of aromatic nitrogens is 1. The molecule has 2 heterocycles. The van der Waals surface area contributed by atoms with Crippen molar-refractivity contribution in [1.82, 2.24) is 9.88 Å². The fraction of sp³-hybridized carbons (Fsp3) is 0.500. The Hall–Kier alpha value is -2.03. The number of benzene rings is 1. The van der Waals surface area contributed by atoms with E-state index in [0.717, 1.165) is 46.3 Å². The third-order valence-electron chi connectivity index (χ3n) is 6.48. The van der Waals surface area contributed by atoms with Gasteiger partial charge in [-0.05, 0) is 47.9 Å². The van der Waals surface area contributed by atoms with Gasteiger partial charge in [0, 0.05) is 37.2 Å². The predicted octanol–water partition coefficient (Wildman–Crippen LogP) is 2.84. The third-order valence-corrected chi connectivity index (χ3v) is 7.06. The van der Waals surface area contributed by atoms with Crippen LogP contribution in [0.3, 0.4) is 0 Å². The lowest BCUT2D eigenvalue weighted by molar-refractivity contribution is 0.192. The van der Waals surface area contributed by atoms with Crippen molar-refractivity contribution in [2.24, 2.45) is 0 Å². The van der Waals surface area contributed by atoms with Gasteiger partial charge in [-0.1, -0.05) is 18.2 Å². The molecule has 0 bridgehead atoms. The van der Waals surface area contributed by atoms with Crippen LogP contribution in [0, 0.1) is 0 Å². The molecule has 0 amide bonds. The summed E-state index contributed by atoms with van der Waals surface area (Å²) in [5, 5.41) is 0. The Bertz CT molecular complexity index is 1170. The van der Waals surface area contributed by atoms with Crippen LogP contribution in [-0.4, -0.2) is 43.8 Å². The maximum Gasteiger partial charge on any atom is 0.264 e. The number of rotatable bonds is 4. The van der Waals surface area contributed by atoms with Crippen LogP contribution in [0.2, 0.25) is 0 Å². The van der Waals surface area contributed by atoms with E-state index in [1.807, 2.05) is 12.1 Å². The van der Waals surface area contributed by atoms with Gasteiger partial charge in [0.15, 0.2) is 0 Å². The summed E-state index contributed by atoms with van der Waals surface area (Å²) in [6.07, 6.45) is 2.76. The van der Waals surface area contributed by atoms with Gasteiger partial charge >= 0.3 is 0 Å². The van der Waals surface area contributed by atoms with Crippen molar-refractivity contribution >= 4 is 10.1 Å². The zero-order chi connectivity index (χ0) is 21.0. The largest absolute Gasteiger partial charge is 0.321 e. The first kappa shape index (κ1) is 19.9. The number of aromatic amines is 1. The van der Waals surface area contributed by atoms with Crippen molar-refractivity contribution in [3.63, 3.8) is 0 Å². The number of alkyl halides is 1. The zero-order valence-electron chi connectivity index (χ0n) is 16.9. The van der Waals surface area contributed by atoms with Crippen molar-refractivity contribution < 1.29 is 17.0 Å². The minimum atomic E-state index is -3.65. The van der Waals surface area contributed by atoms with Gasteiger partial charge in [-0.25, -0.2) is 4.39 Å². The summed E-state index contributed by atoms with van der Waals surface area (Å²) in [4.78, 5) is 18.0. The minimum absolute atomic E-state index is 0.163. The van der Waals surface area contributed by atoms with Crippen molar-refractivity contribution in [3.05, 3.63) is 56.4 Å². The van der Waals surface area contributed by atoms with E-state index in [-0.39, 0.29) is 5.56 Å². The summed E-state index contributed by atoms with van der Waals surface area (Å²) in [7, 11) is -3.65. The van der Waals surface area contributed by atoms with Crippen LogP contribution in [0.25, 0.3) is 11.3 Å². The van der Waals surface area contributed by atoms with Crippen molar-refractivity contribution in [2.45, 2.75) is 50.9 Å². The molecule has 2 atom stereocenters. The van der Waals surface area contributed by atoms with E-state index in [9.17, 15) is 17.6 Å². The Morgan fingerprint density at radius 2 is 2.07 bits per heavy atom. The van der Waals surface area contributed by atoms with Crippen LogP contribution < -0.4 is 5.56 Å². The molecule has 2 aliphatic carbocycles. The molecule has 0 saturated carbocycles. The molecule has 5 rings (SSSR count). The van der Waals surface area contributed by atoms with Gasteiger partial charge in [-0.2, -0.15) is 8.42 Å². The molecule has 2 aromatic rings. The second-order valence-electron chi connectivity index (χ2n) is 8.62. The van der Waals surface area contributed by atoms with Gasteiger partial charge in [0.1, 0.15) is 12.3 Å². The quantitative estimate of drug-likeness (QED) is 0.642. The molecule has 1 aromatic carbocycles. The number of halogens is 1. The molecule has 1 saturated heterocycles. The average molecular weight is 433 g/mol. The number of hydrogen-bond acceptors (Lipinski definition) is 5. The third kappa shape index (κ3) is 3.50. The molecular formula is C22H25FN2O4S. The van der Waals surface area contributed by atoms with Gasteiger partial charge in [-0.15, -0.1) is 0 Å². The van der Waals surface area contributed by atoms with Crippen LogP contribution in [0.4, 0.5) is 4.39 Å². The first-order valence-electron chi connectivity index (χ1n) is 10.4. The van der Waals surface area contributed by atoms with Crippen molar-refractivity contribution in [2.75, 3.05) is 19.3 Å². The number of pyridine rings is 1. The predicted molar refractivity (Wildman–Crippen MR) is 112 cm³/mol. The normalized spacial score (nSPS) is 23.3. The van der Waals surface area contributed by atoms with Gasteiger partial charge in [0.25, 0.3) is 15.7 Å². The van der Waals surface area contributed by atoms with E-state index >= 15 is 0 Å². The number of nitrogens with zero attached hydrogens (tertiary/aromatic N) is 1. The second kappa shape index (κ2) is 7.28. The summed E-state index contributed by atoms with van der Waals surface area (Å²) >= 11 is 0. The van der Waals surface area contributed by atoms with Crippen LogP contribution in [-0.2, 0) is 33.7 Å². The highest BCUT2D eigenvalue weighted by molar-refractivity contribution is 7.86. The van der Waals surface area contributed by atoms with E-state index in [4.69, 9.17) is 4.18 Å². The number of nitrogens with one attached hydrogen (secondary N) is 1. The van der Waals surface area contributed by atoms with Crippen molar-refractivity contribution in [3.8, 4) is 11.3 Å². The Morgan fingerprint density at radius 1 is 1.23 bits per heavy atom. The molecule has 1 aliphatic heterocycles. The highest BCUT2D eigenvalue weighted by Gasteiger charge is 2.34. The highest BCUT2D eigenvalue weighted by Crippen LogP contribution is 2.44. The molecular weight excluding hydrogens is 407 g/mol. The van der Waals surface area contributed by atoms with Crippen molar-refractivity contribution in [1.29, 1.82) is 0 Å².